The first kappa shape index (κ1) is 19.7. The fraction of sp³-hybridized carbons (Fsp3) is 0.292. The van der Waals surface area contributed by atoms with Gasteiger partial charge in [-0.3, -0.25) is 4.79 Å². The SMILES string of the molecule is CCC(NC(=O)c1ccc(COc2cc(C)ccc2C)o1)c1ccc(C)cc1. The Morgan fingerprint density at radius 2 is 1.71 bits per heavy atom. The minimum atomic E-state index is -0.217. The molecule has 2 aromatic carbocycles. The molecule has 1 heterocycles. The van der Waals surface area contributed by atoms with Gasteiger partial charge in [-0.15, -0.1) is 0 Å². The van der Waals surface area contributed by atoms with Crippen LogP contribution < -0.4 is 10.1 Å². The van der Waals surface area contributed by atoms with Gasteiger partial charge in [0, 0.05) is 0 Å². The van der Waals surface area contributed by atoms with Crippen molar-refractivity contribution < 1.29 is 13.9 Å². The Labute approximate surface area is 166 Å². The standard InChI is InChI=1S/C24H27NO3/c1-5-21(19-10-7-16(2)8-11-19)25-24(26)22-13-12-20(28-22)15-27-23-14-17(3)6-9-18(23)4/h6-14,21H,5,15H2,1-4H3,(H,25,26). The lowest BCUT2D eigenvalue weighted by atomic mass is 10.0. The van der Waals surface area contributed by atoms with Gasteiger partial charge in [-0.2, -0.15) is 0 Å². The number of amides is 1. The number of benzene rings is 2. The van der Waals surface area contributed by atoms with E-state index in [1.54, 1.807) is 12.1 Å². The predicted octanol–water partition coefficient (Wildman–Crippen LogP) is 5.66. The summed E-state index contributed by atoms with van der Waals surface area (Å²) in [5.74, 6) is 1.53. The number of furan rings is 1. The van der Waals surface area contributed by atoms with Crippen LogP contribution in [0.5, 0.6) is 5.75 Å². The molecule has 1 aromatic heterocycles. The van der Waals surface area contributed by atoms with E-state index in [1.165, 1.54) is 5.56 Å². The highest BCUT2D eigenvalue weighted by Crippen LogP contribution is 2.22. The second kappa shape index (κ2) is 8.79. The molecule has 1 atom stereocenters. The minimum Gasteiger partial charge on any atom is -0.485 e. The fourth-order valence-corrected chi connectivity index (χ4v) is 3.04. The zero-order chi connectivity index (χ0) is 20.1. The zero-order valence-electron chi connectivity index (χ0n) is 16.9. The maximum atomic E-state index is 12.6. The van der Waals surface area contributed by atoms with Crippen molar-refractivity contribution in [1.29, 1.82) is 0 Å². The number of hydrogen-bond acceptors (Lipinski definition) is 3. The van der Waals surface area contributed by atoms with E-state index in [9.17, 15) is 4.79 Å². The third-order valence-electron chi connectivity index (χ3n) is 4.79. The second-order valence-corrected chi connectivity index (χ2v) is 7.17. The maximum Gasteiger partial charge on any atom is 0.287 e. The molecule has 4 nitrogen and oxygen atoms in total. The average molecular weight is 377 g/mol. The highest BCUT2D eigenvalue weighted by atomic mass is 16.5. The average Bonchev–Trinajstić information content (AvgIpc) is 3.16. The first-order valence-corrected chi connectivity index (χ1v) is 9.62. The third-order valence-corrected chi connectivity index (χ3v) is 4.79. The molecule has 0 aliphatic rings. The number of aryl methyl sites for hydroxylation is 3. The summed E-state index contributed by atoms with van der Waals surface area (Å²) in [5.41, 5.74) is 4.50. The molecule has 3 rings (SSSR count). The predicted molar refractivity (Wildman–Crippen MR) is 111 cm³/mol. The van der Waals surface area contributed by atoms with Crippen LogP contribution in [0.2, 0.25) is 0 Å². The highest BCUT2D eigenvalue weighted by Gasteiger charge is 2.17. The molecule has 0 fully saturated rings. The number of carbonyl (C=O) groups is 1. The van der Waals surface area contributed by atoms with Crippen molar-refractivity contribution in [3.63, 3.8) is 0 Å². The molecule has 0 spiro atoms. The molecular formula is C24H27NO3. The first-order valence-electron chi connectivity index (χ1n) is 9.62. The van der Waals surface area contributed by atoms with Crippen LogP contribution in [-0.4, -0.2) is 5.91 Å². The molecular weight excluding hydrogens is 350 g/mol. The van der Waals surface area contributed by atoms with Crippen molar-refractivity contribution in [2.45, 2.75) is 46.8 Å². The summed E-state index contributed by atoms with van der Waals surface area (Å²) in [6.45, 7) is 8.42. The lowest BCUT2D eigenvalue weighted by Crippen LogP contribution is -2.27. The third kappa shape index (κ3) is 4.83. The summed E-state index contributed by atoms with van der Waals surface area (Å²) < 4.78 is 11.6. The maximum absolute atomic E-state index is 12.6. The molecule has 0 saturated heterocycles. The normalized spacial score (nSPS) is 11.9. The summed E-state index contributed by atoms with van der Waals surface area (Å²) in [6.07, 6.45) is 0.804. The molecule has 1 unspecified atom stereocenters. The number of nitrogens with one attached hydrogen (secondary N) is 1. The van der Waals surface area contributed by atoms with Crippen LogP contribution in [0.3, 0.4) is 0 Å². The van der Waals surface area contributed by atoms with Gasteiger partial charge >= 0.3 is 0 Å². The number of ether oxygens (including phenoxy) is 1. The molecule has 0 aliphatic heterocycles. The smallest absolute Gasteiger partial charge is 0.287 e. The summed E-state index contributed by atoms with van der Waals surface area (Å²) in [6, 6.07) is 17.7. The van der Waals surface area contributed by atoms with Crippen LogP contribution in [0.15, 0.2) is 59.0 Å². The molecule has 28 heavy (non-hydrogen) atoms. The molecule has 0 saturated carbocycles. The van der Waals surface area contributed by atoms with E-state index >= 15 is 0 Å². The molecule has 1 amide bonds. The van der Waals surface area contributed by atoms with Crippen LogP contribution in [-0.2, 0) is 6.61 Å². The van der Waals surface area contributed by atoms with Gasteiger partial charge in [0.2, 0.25) is 0 Å². The molecule has 1 N–H and O–H groups in total. The van der Waals surface area contributed by atoms with Crippen molar-refractivity contribution in [2.24, 2.45) is 0 Å². The van der Waals surface area contributed by atoms with E-state index in [1.807, 2.05) is 32.9 Å². The molecule has 0 aliphatic carbocycles. The van der Waals surface area contributed by atoms with Crippen LogP contribution in [0.1, 0.15) is 58.0 Å². The largest absolute Gasteiger partial charge is 0.485 e. The topological polar surface area (TPSA) is 51.5 Å². The van der Waals surface area contributed by atoms with Gasteiger partial charge in [0.25, 0.3) is 5.91 Å². The summed E-state index contributed by atoms with van der Waals surface area (Å²) >= 11 is 0. The summed E-state index contributed by atoms with van der Waals surface area (Å²) in [5, 5.41) is 3.05. The first-order chi connectivity index (χ1) is 13.5. The minimum absolute atomic E-state index is 0.0483. The monoisotopic (exact) mass is 377 g/mol. The van der Waals surface area contributed by atoms with E-state index in [0.29, 0.717) is 11.5 Å². The Balaban J connectivity index is 1.63. The lowest BCUT2D eigenvalue weighted by molar-refractivity contribution is 0.0903. The summed E-state index contributed by atoms with van der Waals surface area (Å²) in [7, 11) is 0. The lowest BCUT2D eigenvalue weighted by Gasteiger charge is -2.17. The van der Waals surface area contributed by atoms with E-state index in [4.69, 9.17) is 9.15 Å². The number of rotatable bonds is 7. The molecule has 0 radical (unpaired) electrons. The molecule has 146 valence electrons. The number of hydrogen-bond donors (Lipinski definition) is 1. The Hall–Kier alpha value is -3.01. The van der Waals surface area contributed by atoms with Gasteiger partial charge in [0.05, 0.1) is 6.04 Å². The molecule has 0 bridgehead atoms. The highest BCUT2D eigenvalue weighted by molar-refractivity contribution is 5.91. The van der Waals surface area contributed by atoms with E-state index in [2.05, 4.69) is 42.6 Å². The van der Waals surface area contributed by atoms with Crippen molar-refractivity contribution in [3.05, 3.63) is 88.4 Å². The zero-order valence-corrected chi connectivity index (χ0v) is 16.9. The molecule has 3 aromatic rings. The second-order valence-electron chi connectivity index (χ2n) is 7.17. The van der Waals surface area contributed by atoms with Gasteiger partial charge in [-0.05, 0) is 62.1 Å². The van der Waals surface area contributed by atoms with Gasteiger partial charge in [0.15, 0.2) is 5.76 Å². The van der Waals surface area contributed by atoms with Crippen LogP contribution in [0, 0.1) is 20.8 Å². The fourth-order valence-electron chi connectivity index (χ4n) is 3.04. The van der Waals surface area contributed by atoms with E-state index in [0.717, 1.165) is 28.9 Å². The Morgan fingerprint density at radius 1 is 1.00 bits per heavy atom. The summed E-state index contributed by atoms with van der Waals surface area (Å²) in [4.78, 5) is 12.6. The Morgan fingerprint density at radius 3 is 2.43 bits per heavy atom. The van der Waals surface area contributed by atoms with Crippen LogP contribution in [0.4, 0.5) is 0 Å². The van der Waals surface area contributed by atoms with Gasteiger partial charge in [0.1, 0.15) is 18.1 Å². The van der Waals surface area contributed by atoms with E-state index in [-0.39, 0.29) is 18.6 Å². The number of carbonyl (C=O) groups excluding carboxylic acids is 1. The van der Waals surface area contributed by atoms with Crippen molar-refractivity contribution in [3.8, 4) is 5.75 Å². The van der Waals surface area contributed by atoms with Crippen LogP contribution in [0.25, 0.3) is 0 Å². The Kier molecular flexibility index (Phi) is 6.19. The Bertz CT molecular complexity index is 941. The van der Waals surface area contributed by atoms with Gasteiger partial charge in [-0.25, -0.2) is 0 Å². The quantitative estimate of drug-likeness (QED) is 0.577. The van der Waals surface area contributed by atoms with E-state index < -0.39 is 0 Å². The molecule has 4 heteroatoms. The van der Waals surface area contributed by atoms with Gasteiger partial charge < -0.3 is 14.5 Å². The van der Waals surface area contributed by atoms with Crippen molar-refractivity contribution >= 4 is 5.91 Å². The van der Waals surface area contributed by atoms with Crippen LogP contribution >= 0.6 is 0 Å². The van der Waals surface area contributed by atoms with Crippen molar-refractivity contribution in [2.75, 3.05) is 0 Å². The van der Waals surface area contributed by atoms with Gasteiger partial charge in [-0.1, -0.05) is 48.9 Å². The van der Waals surface area contributed by atoms with Crippen molar-refractivity contribution in [1.82, 2.24) is 5.32 Å².